The Hall–Kier alpha value is -0.660. The van der Waals surface area contributed by atoms with Gasteiger partial charge in [0.2, 0.25) is 0 Å². The quantitative estimate of drug-likeness (QED) is 0.581. The van der Waals surface area contributed by atoms with Gasteiger partial charge >= 0.3 is 5.97 Å². The van der Waals surface area contributed by atoms with Gasteiger partial charge < -0.3 is 10.1 Å². The fraction of sp³-hybridized carbons (Fsp3) is 0.727. The monoisotopic (exact) mass is 289 g/mol. The second-order valence-electron chi connectivity index (χ2n) is 3.50. The Bertz CT molecular complexity index is 371. The highest BCUT2D eigenvalue weighted by molar-refractivity contribution is 8.01. The minimum absolute atomic E-state index is 0.202. The van der Waals surface area contributed by atoms with E-state index >= 15 is 0 Å². The van der Waals surface area contributed by atoms with Crippen LogP contribution in [0, 0.1) is 0 Å². The van der Waals surface area contributed by atoms with Crippen LogP contribution >= 0.6 is 23.3 Å². The molecule has 1 unspecified atom stereocenters. The molecule has 0 aliphatic heterocycles. The van der Waals surface area contributed by atoms with Crippen LogP contribution in [0.4, 0.5) is 0 Å². The molecule has 0 aliphatic rings. The number of aromatic nitrogens is 2. The number of ether oxygens (including phenoxy) is 1. The standard InChI is InChI=1S/C11H19N3O2S2/c1-4-9-13-11(18-14-9)17-7-8(12-5-2)10(15)16-6-3/h8,12H,4-7H2,1-3H3. The van der Waals surface area contributed by atoms with Gasteiger partial charge in [-0.3, -0.25) is 4.79 Å². The zero-order chi connectivity index (χ0) is 13.4. The predicted octanol–water partition coefficient (Wildman–Crippen LogP) is 1.73. The van der Waals surface area contributed by atoms with Gasteiger partial charge in [-0.05, 0) is 25.0 Å². The summed E-state index contributed by atoms with van der Waals surface area (Å²) in [6.45, 7) is 6.95. The van der Waals surface area contributed by atoms with Gasteiger partial charge in [0.15, 0.2) is 4.34 Å². The van der Waals surface area contributed by atoms with E-state index in [0.29, 0.717) is 12.4 Å². The maximum Gasteiger partial charge on any atom is 0.323 e. The van der Waals surface area contributed by atoms with Crippen LogP contribution in [0.15, 0.2) is 4.34 Å². The van der Waals surface area contributed by atoms with E-state index in [1.165, 1.54) is 11.5 Å². The first-order valence-electron chi connectivity index (χ1n) is 6.06. The summed E-state index contributed by atoms with van der Waals surface area (Å²) in [5.41, 5.74) is 0. The van der Waals surface area contributed by atoms with Gasteiger partial charge in [-0.15, -0.1) is 0 Å². The molecular weight excluding hydrogens is 270 g/mol. The molecule has 0 saturated carbocycles. The van der Waals surface area contributed by atoms with Crippen molar-refractivity contribution in [2.24, 2.45) is 0 Å². The SMILES string of the molecule is CCNC(CSc1nc(CC)ns1)C(=O)OCC. The lowest BCUT2D eigenvalue weighted by Gasteiger charge is -2.14. The largest absolute Gasteiger partial charge is 0.465 e. The molecule has 0 aromatic carbocycles. The van der Waals surface area contributed by atoms with Crippen LogP contribution in [-0.4, -0.2) is 40.3 Å². The van der Waals surface area contributed by atoms with Gasteiger partial charge in [-0.2, -0.15) is 4.37 Å². The van der Waals surface area contributed by atoms with Crippen molar-refractivity contribution in [1.82, 2.24) is 14.7 Å². The van der Waals surface area contributed by atoms with E-state index in [9.17, 15) is 4.79 Å². The number of hydrogen-bond donors (Lipinski definition) is 1. The second kappa shape index (κ2) is 8.44. The van der Waals surface area contributed by atoms with Gasteiger partial charge in [0.25, 0.3) is 0 Å². The lowest BCUT2D eigenvalue weighted by atomic mass is 10.3. The minimum Gasteiger partial charge on any atom is -0.465 e. The van der Waals surface area contributed by atoms with Crippen molar-refractivity contribution < 1.29 is 9.53 Å². The van der Waals surface area contributed by atoms with Crippen molar-refractivity contribution in [3.8, 4) is 0 Å². The van der Waals surface area contributed by atoms with Crippen LogP contribution in [0.3, 0.4) is 0 Å². The number of likely N-dealkylation sites (N-methyl/N-ethyl adjacent to an activating group) is 1. The Labute approximate surface area is 116 Å². The fourth-order valence-electron chi connectivity index (χ4n) is 1.29. The first-order valence-corrected chi connectivity index (χ1v) is 7.82. The Balaban J connectivity index is 2.48. The van der Waals surface area contributed by atoms with Crippen LogP contribution < -0.4 is 5.32 Å². The molecule has 0 radical (unpaired) electrons. The topological polar surface area (TPSA) is 64.1 Å². The summed E-state index contributed by atoms with van der Waals surface area (Å²) < 4.78 is 10.1. The second-order valence-corrected chi connectivity index (χ2v) is 5.52. The van der Waals surface area contributed by atoms with Crippen molar-refractivity contribution in [3.63, 3.8) is 0 Å². The number of thioether (sulfide) groups is 1. The van der Waals surface area contributed by atoms with Crippen LogP contribution in [0.1, 0.15) is 26.6 Å². The van der Waals surface area contributed by atoms with Crippen molar-refractivity contribution in [2.45, 2.75) is 37.6 Å². The third-order valence-electron chi connectivity index (χ3n) is 2.16. The highest BCUT2D eigenvalue weighted by atomic mass is 32.2. The summed E-state index contributed by atoms with van der Waals surface area (Å²) in [6, 6.07) is -0.283. The molecular formula is C11H19N3O2S2. The van der Waals surface area contributed by atoms with Crippen molar-refractivity contribution >= 4 is 29.3 Å². The number of esters is 1. The highest BCUT2D eigenvalue weighted by Crippen LogP contribution is 2.21. The van der Waals surface area contributed by atoms with Gasteiger partial charge in [-0.1, -0.05) is 25.6 Å². The van der Waals surface area contributed by atoms with E-state index in [4.69, 9.17) is 4.74 Å². The number of aryl methyl sites for hydroxylation is 1. The lowest BCUT2D eigenvalue weighted by Crippen LogP contribution is -2.40. The molecule has 0 spiro atoms. The number of carbonyl (C=O) groups excluding carboxylic acids is 1. The smallest absolute Gasteiger partial charge is 0.323 e. The van der Waals surface area contributed by atoms with Crippen molar-refractivity contribution in [1.29, 1.82) is 0 Å². The summed E-state index contributed by atoms with van der Waals surface area (Å²) >= 11 is 2.92. The van der Waals surface area contributed by atoms with Crippen molar-refractivity contribution in [3.05, 3.63) is 5.82 Å². The average molecular weight is 289 g/mol. The van der Waals surface area contributed by atoms with Gasteiger partial charge in [-0.25, -0.2) is 4.98 Å². The summed E-state index contributed by atoms with van der Waals surface area (Å²) in [5, 5.41) is 3.12. The Morgan fingerprint density at radius 2 is 2.28 bits per heavy atom. The molecule has 1 heterocycles. The molecule has 0 amide bonds. The highest BCUT2D eigenvalue weighted by Gasteiger charge is 2.19. The maximum atomic E-state index is 11.7. The van der Waals surface area contributed by atoms with Gasteiger partial charge in [0.1, 0.15) is 11.9 Å². The molecule has 18 heavy (non-hydrogen) atoms. The molecule has 0 fully saturated rings. The van der Waals surface area contributed by atoms with E-state index in [-0.39, 0.29) is 12.0 Å². The Morgan fingerprint density at radius 1 is 1.50 bits per heavy atom. The van der Waals surface area contributed by atoms with E-state index in [2.05, 4.69) is 14.7 Å². The first kappa shape index (κ1) is 15.4. The van der Waals surface area contributed by atoms with E-state index in [0.717, 1.165) is 23.1 Å². The molecule has 1 aromatic heterocycles. The summed E-state index contributed by atoms with van der Waals surface area (Å²) in [5.74, 6) is 1.27. The van der Waals surface area contributed by atoms with Crippen LogP contribution in [0.2, 0.25) is 0 Å². The summed E-state index contributed by atoms with van der Waals surface area (Å²) in [7, 11) is 0. The number of hydrogen-bond acceptors (Lipinski definition) is 7. The molecule has 7 heteroatoms. The molecule has 0 saturated heterocycles. The number of carbonyl (C=O) groups is 1. The normalized spacial score (nSPS) is 12.4. The van der Waals surface area contributed by atoms with E-state index < -0.39 is 0 Å². The number of nitrogens with one attached hydrogen (secondary N) is 1. The third kappa shape index (κ3) is 4.91. The Morgan fingerprint density at radius 3 is 2.83 bits per heavy atom. The summed E-state index contributed by atoms with van der Waals surface area (Å²) in [6.07, 6.45) is 0.839. The summed E-state index contributed by atoms with van der Waals surface area (Å²) in [4.78, 5) is 16.0. The molecule has 5 nitrogen and oxygen atoms in total. The predicted molar refractivity (Wildman–Crippen MR) is 74.1 cm³/mol. The fourth-order valence-corrected chi connectivity index (χ4v) is 3.05. The van der Waals surface area contributed by atoms with E-state index in [1.54, 1.807) is 11.8 Å². The molecule has 1 atom stereocenters. The van der Waals surface area contributed by atoms with Crippen molar-refractivity contribution in [2.75, 3.05) is 18.9 Å². The Kier molecular flexibility index (Phi) is 7.22. The zero-order valence-corrected chi connectivity index (χ0v) is 12.6. The van der Waals surface area contributed by atoms with E-state index in [1.807, 2.05) is 20.8 Å². The molecule has 0 bridgehead atoms. The zero-order valence-electron chi connectivity index (χ0n) is 10.9. The average Bonchev–Trinajstić information content (AvgIpc) is 2.82. The maximum absolute atomic E-state index is 11.7. The molecule has 1 aromatic rings. The van der Waals surface area contributed by atoms with Crippen LogP contribution in [0.25, 0.3) is 0 Å². The first-order chi connectivity index (χ1) is 8.71. The molecule has 0 aliphatic carbocycles. The minimum atomic E-state index is -0.283. The van der Waals surface area contributed by atoms with Crippen LogP contribution in [0.5, 0.6) is 0 Å². The molecule has 1 rings (SSSR count). The van der Waals surface area contributed by atoms with Gasteiger partial charge in [0.05, 0.1) is 6.61 Å². The molecule has 102 valence electrons. The number of rotatable bonds is 8. The van der Waals surface area contributed by atoms with Gasteiger partial charge in [0, 0.05) is 12.2 Å². The number of nitrogens with zero attached hydrogens (tertiary/aromatic N) is 2. The third-order valence-corrected chi connectivity index (χ3v) is 4.13. The lowest BCUT2D eigenvalue weighted by molar-refractivity contribution is -0.144. The van der Waals surface area contributed by atoms with Crippen LogP contribution in [-0.2, 0) is 16.0 Å². The molecule has 1 N–H and O–H groups in total.